The summed E-state index contributed by atoms with van der Waals surface area (Å²) in [7, 11) is 0. The number of nitrogens with two attached hydrogens (primary N) is 1. The molecule has 5 heteroatoms. The van der Waals surface area contributed by atoms with Gasteiger partial charge in [0.1, 0.15) is 0 Å². The molecule has 0 bridgehead atoms. The maximum Gasteiger partial charge on any atom is 0.217 e. The van der Waals surface area contributed by atoms with E-state index >= 15 is 0 Å². The Hall–Kier alpha value is -0.650. The van der Waals surface area contributed by atoms with E-state index < -0.39 is 0 Å². The predicted octanol–water partition coefficient (Wildman–Crippen LogP) is 0.570. The van der Waals surface area contributed by atoms with Gasteiger partial charge in [-0.1, -0.05) is 0 Å². The lowest BCUT2D eigenvalue weighted by Crippen LogP contribution is -2.50. The monoisotopic (exact) mass is 256 g/mol. The van der Waals surface area contributed by atoms with Gasteiger partial charge in [-0.05, 0) is 38.6 Å². The third-order valence-electron chi connectivity index (χ3n) is 3.93. The predicted molar refractivity (Wildman–Crippen MR) is 68.2 cm³/mol. The first-order valence-corrected chi connectivity index (χ1v) is 6.94. The van der Waals surface area contributed by atoms with Crippen molar-refractivity contribution in [3.63, 3.8) is 0 Å². The van der Waals surface area contributed by atoms with Crippen molar-refractivity contribution < 1.29 is 14.3 Å². The van der Waals surface area contributed by atoms with E-state index in [4.69, 9.17) is 15.2 Å². The Morgan fingerprint density at radius 3 is 2.83 bits per heavy atom. The Labute approximate surface area is 108 Å². The highest BCUT2D eigenvalue weighted by Crippen LogP contribution is 2.34. The van der Waals surface area contributed by atoms with Crippen LogP contribution in [0.2, 0.25) is 0 Å². The van der Waals surface area contributed by atoms with Crippen LogP contribution in [0.25, 0.3) is 0 Å². The van der Waals surface area contributed by atoms with Crippen molar-refractivity contribution in [2.75, 3.05) is 26.4 Å². The summed E-state index contributed by atoms with van der Waals surface area (Å²) >= 11 is 0. The summed E-state index contributed by atoms with van der Waals surface area (Å²) in [4.78, 5) is 10.7. The van der Waals surface area contributed by atoms with Crippen molar-refractivity contribution in [3.8, 4) is 0 Å². The van der Waals surface area contributed by atoms with Crippen molar-refractivity contribution in [1.29, 1.82) is 0 Å². The van der Waals surface area contributed by atoms with E-state index in [2.05, 4.69) is 5.32 Å². The van der Waals surface area contributed by atoms with Crippen molar-refractivity contribution >= 4 is 5.91 Å². The normalized spacial score (nSPS) is 27.2. The molecular formula is C13H24N2O3. The van der Waals surface area contributed by atoms with Gasteiger partial charge in [-0.2, -0.15) is 0 Å². The molecule has 104 valence electrons. The number of primary amides is 1. The van der Waals surface area contributed by atoms with Gasteiger partial charge in [0.15, 0.2) is 0 Å². The van der Waals surface area contributed by atoms with Gasteiger partial charge in [-0.15, -0.1) is 0 Å². The lowest BCUT2D eigenvalue weighted by atomic mass is 9.84. The first kappa shape index (κ1) is 13.8. The maximum atomic E-state index is 10.7. The van der Waals surface area contributed by atoms with Gasteiger partial charge in [0.2, 0.25) is 5.91 Å². The summed E-state index contributed by atoms with van der Waals surface area (Å²) < 4.78 is 11.4. The quantitative estimate of drug-likeness (QED) is 0.705. The highest BCUT2D eigenvalue weighted by atomic mass is 16.5. The fraction of sp³-hybridized carbons (Fsp3) is 0.923. The molecule has 0 aliphatic carbocycles. The summed E-state index contributed by atoms with van der Waals surface area (Å²) in [6.45, 7) is 3.32. The van der Waals surface area contributed by atoms with Crippen LogP contribution in [0.4, 0.5) is 0 Å². The standard InChI is InChI=1S/C13H24N2O3/c14-12(16)2-1-6-15-11-3-7-18-13(10-11)4-8-17-9-5-13/h11,15H,1-10H2,(H2,14,16). The van der Waals surface area contributed by atoms with Gasteiger partial charge in [-0.3, -0.25) is 4.79 Å². The first-order chi connectivity index (χ1) is 8.70. The summed E-state index contributed by atoms with van der Waals surface area (Å²) in [6, 6.07) is 0.504. The van der Waals surface area contributed by atoms with E-state index in [1.165, 1.54) is 0 Å². The van der Waals surface area contributed by atoms with Crippen molar-refractivity contribution in [2.45, 2.75) is 50.2 Å². The zero-order valence-electron chi connectivity index (χ0n) is 11.0. The number of rotatable bonds is 5. The minimum atomic E-state index is -0.218. The van der Waals surface area contributed by atoms with E-state index in [0.717, 1.165) is 58.5 Å². The van der Waals surface area contributed by atoms with Gasteiger partial charge >= 0.3 is 0 Å². The van der Waals surface area contributed by atoms with Crippen LogP contribution in [-0.2, 0) is 14.3 Å². The Morgan fingerprint density at radius 2 is 2.11 bits per heavy atom. The summed E-state index contributed by atoms with van der Waals surface area (Å²) in [5.41, 5.74) is 5.16. The second-order valence-electron chi connectivity index (χ2n) is 5.36. The van der Waals surface area contributed by atoms with E-state index in [0.29, 0.717) is 12.5 Å². The summed E-state index contributed by atoms with van der Waals surface area (Å²) in [6.07, 6.45) is 5.42. The van der Waals surface area contributed by atoms with E-state index in [-0.39, 0.29) is 11.5 Å². The topological polar surface area (TPSA) is 73.6 Å². The molecule has 0 saturated carbocycles. The molecule has 5 nitrogen and oxygen atoms in total. The molecule has 0 aromatic rings. The molecule has 2 heterocycles. The van der Waals surface area contributed by atoms with Crippen LogP contribution in [-0.4, -0.2) is 43.9 Å². The SMILES string of the molecule is NC(=O)CCCNC1CCOC2(CCOCC2)C1. The molecule has 2 aliphatic heterocycles. The van der Waals surface area contributed by atoms with Crippen molar-refractivity contribution in [1.82, 2.24) is 5.32 Å². The molecule has 2 fully saturated rings. The van der Waals surface area contributed by atoms with Gasteiger partial charge in [0.05, 0.1) is 5.60 Å². The minimum Gasteiger partial charge on any atom is -0.381 e. The number of amides is 1. The highest BCUT2D eigenvalue weighted by Gasteiger charge is 2.38. The van der Waals surface area contributed by atoms with Crippen molar-refractivity contribution in [2.24, 2.45) is 5.73 Å². The molecule has 1 spiro atoms. The maximum absolute atomic E-state index is 10.7. The van der Waals surface area contributed by atoms with Gasteiger partial charge in [0.25, 0.3) is 0 Å². The number of carbonyl (C=O) groups excluding carboxylic acids is 1. The smallest absolute Gasteiger partial charge is 0.217 e. The van der Waals surface area contributed by atoms with Gasteiger partial charge in [0, 0.05) is 32.3 Å². The van der Waals surface area contributed by atoms with Gasteiger partial charge in [-0.25, -0.2) is 0 Å². The molecule has 1 amide bonds. The zero-order valence-corrected chi connectivity index (χ0v) is 11.0. The molecule has 18 heavy (non-hydrogen) atoms. The van der Waals surface area contributed by atoms with Crippen LogP contribution < -0.4 is 11.1 Å². The lowest BCUT2D eigenvalue weighted by molar-refractivity contribution is -0.140. The molecule has 1 unspecified atom stereocenters. The molecule has 0 aromatic heterocycles. The van der Waals surface area contributed by atoms with Gasteiger partial charge < -0.3 is 20.5 Å². The highest BCUT2D eigenvalue weighted by molar-refractivity contribution is 5.73. The van der Waals surface area contributed by atoms with Crippen LogP contribution in [0, 0.1) is 0 Å². The van der Waals surface area contributed by atoms with E-state index in [1.54, 1.807) is 0 Å². The molecule has 3 N–H and O–H groups in total. The number of nitrogens with one attached hydrogen (secondary N) is 1. The number of hydrogen-bond acceptors (Lipinski definition) is 4. The average Bonchev–Trinajstić information content (AvgIpc) is 2.36. The third-order valence-corrected chi connectivity index (χ3v) is 3.93. The Balaban J connectivity index is 1.71. The number of ether oxygens (including phenoxy) is 2. The Bertz CT molecular complexity index is 272. The molecule has 2 saturated heterocycles. The fourth-order valence-corrected chi connectivity index (χ4v) is 2.86. The fourth-order valence-electron chi connectivity index (χ4n) is 2.86. The number of hydrogen-bond donors (Lipinski definition) is 2. The first-order valence-electron chi connectivity index (χ1n) is 6.94. The molecular weight excluding hydrogens is 232 g/mol. The second kappa shape index (κ2) is 6.50. The van der Waals surface area contributed by atoms with Crippen LogP contribution in [0.1, 0.15) is 38.5 Å². The van der Waals surface area contributed by atoms with Crippen LogP contribution in [0.15, 0.2) is 0 Å². The van der Waals surface area contributed by atoms with Crippen LogP contribution >= 0.6 is 0 Å². The zero-order chi connectivity index (χ0) is 12.8. The molecule has 0 aromatic carbocycles. The largest absolute Gasteiger partial charge is 0.381 e. The molecule has 0 radical (unpaired) electrons. The third kappa shape index (κ3) is 3.93. The van der Waals surface area contributed by atoms with Crippen LogP contribution in [0.3, 0.4) is 0 Å². The molecule has 2 aliphatic rings. The van der Waals surface area contributed by atoms with Crippen molar-refractivity contribution in [3.05, 3.63) is 0 Å². The summed E-state index contributed by atoms with van der Waals surface area (Å²) in [5, 5.41) is 3.52. The molecule has 2 rings (SSSR count). The Kier molecular flexibility index (Phi) is 4.97. The molecule has 1 atom stereocenters. The second-order valence-corrected chi connectivity index (χ2v) is 5.36. The average molecular weight is 256 g/mol. The van der Waals surface area contributed by atoms with Crippen LogP contribution in [0.5, 0.6) is 0 Å². The van der Waals surface area contributed by atoms with E-state index in [9.17, 15) is 4.79 Å². The Morgan fingerprint density at radius 1 is 1.33 bits per heavy atom. The van der Waals surface area contributed by atoms with E-state index in [1.807, 2.05) is 0 Å². The number of carbonyl (C=O) groups is 1. The lowest BCUT2D eigenvalue weighted by Gasteiger charge is -2.43. The minimum absolute atomic E-state index is 0.0395. The summed E-state index contributed by atoms with van der Waals surface area (Å²) in [5.74, 6) is -0.218.